The molecule has 4 nitrogen and oxygen atoms in total. The Kier molecular flexibility index (Phi) is 3.29. The maximum absolute atomic E-state index is 10.1. The molecule has 1 rings (SSSR count). The molecule has 0 radical (unpaired) electrons. The molecule has 13 heavy (non-hydrogen) atoms. The highest BCUT2D eigenvalue weighted by atomic mass is 16.8. The lowest BCUT2D eigenvalue weighted by Gasteiger charge is -1.97. The Morgan fingerprint density at radius 1 is 1.62 bits per heavy atom. The summed E-state index contributed by atoms with van der Waals surface area (Å²) >= 11 is 0. The highest BCUT2D eigenvalue weighted by Gasteiger charge is 2.37. The largest absolute Gasteiger partial charge is 0.481 e. The van der Waals surface area contributed by atoms with Gasteiger partial charge >= 0.3 is 5.97 Å². The molecule has 0 aliphatic carbocycles. The fourth-order valence-corrected chi connectivity index (χ4v) is 0.992. The smallest absolute Gasteiger partial charge is 0.315 e. The van der Waals surface area contributed by atoms with E-state index in [9.17, 15) is 4.79 Å². The number of carboxylic acids is 1. The van der Waals surface area contributed by atoms with Gasteiger partial charge in [-0.2, -0.15) is 5.06 Å². The van der Waals surface area contributed by atoms with Gasteiger partial charge in [0.2, 0.25) is 0 Å². The van der Waals surface area contributed by atoms with Crippen molar-refractivity contribution in [3.8, 4) is 11.8 Å². The molecule has 72 valence electrons. The Bertz CT molecular complexity index is 251. The second-order valence-electron chi connectivity index (χ2n) is 3.14. The molecule has 1 N–H and O–H groups in total. The summed E-state index contributed by atoms with van der Waals surface area (Å²) in [7, 11) is 0. The number of hydroxylamine groups is 2. The zero-order chi connectivity index (χ0) is 9.84. The van der Waals surface area contributed by atoms with Crippen molar-refractivity contribution >= 4 is 5.97 Å². The summed E-state index contributed by atoms with van der Waals surface area (Å²) in [6.45, 7) is 4.06. The Morgan fingerprint density at radius 3 is 2.77 bits per heavy atom. The molecule has 0 spiro atoms. The zero-order valence-electron chi connectivity index (χ0n) is 7.78. The first-order chi connectivity index (χ1) is 6.11. The number of aliphatic carboxylic acids is 1. The standard InChI is InChI=1S/C9H13NO3/c1-7(2)10-8(13-10)5-3-4-6-9(11)12/h7-8H,5-6H2,1-2H3,(H,11,12). The molecule has 0 aromatic carbocycles. The van der Waals surface area contributed by atoms with E-state index in [4.69, 9.17) is 9.94 Å². The van der Waals surface area contributed by atoms with Crippen molar-refractivity contribution in [2.75, 3.05) is 0 Å². The summed E-state index contributed by atoms with van der Waals surface area (Å²) < 4.78 is 0. The maximum atomic E-state index is 10.1. The molecule has 0 saturated carbocycles. The molecule has 1 aliphatic heterocycles. The molecule has 1 fully saturated rings. The van der Waals surface area contributed by atoms with Crippen LogP contribution in [0.3, 0.4) is 0 Å². The first-order valence-electron chi connectivity index (χ1n) is 4.24. The highest BCUT2D eigenvalue weighted by molar-refractivity contribution is 5.69. The normalized spacial score (nSPS) is 25.2. The van der Waals surface area contributed by atoms with E-state index in [0.29, 0.717) is 12.5 Å². The van der Waals surface area contributed by atoms with Crippen LogP contribution in [0.1, 0.15) is 26.7 Å². The molecule has 1 heterocycles. The molecule has 0 aromatic rings. The second kappa shape index (κ2) is 4.26. The van der Waals surface area contributed by atoms with Crippen LogP contribution in [-0.2, 0) is 9.63 Å². The minimum absolute atomic E-state index is 0.0706. The predicted molar refractivity (Wildman–Crippen MR) is 46.5 cm³/mol. The van der Waals surface area contributed by atoms with Gasteiger partial charge in [-0.25, -0.2) is 0 Å². The summed E-state index contributed by atoms with van der Waals surface area (Å²) in [6, 6.07) is 0.367. The van der Waals surface area contributed by atoms with Crippen molar-refractivity contribution in [1.29, 1.82) is 0 Å². The Labute approximate surface area is 77.4 Å². The van der Waals surface area contributed by atoms with Crippen LogP contribution in [0.25, 0.3) is 0 Å². The van der Waals surface area contributed by atoms with E-state index in [1.165, 1.54) is 0 Å². The molecular formula is C9H13NO3. The molecule has 0 amide bonds. The van der Waals surface area contributed by atoms with Crippen LogP contribution in [0.15, 0.2) is 0 Å². The molecule has 2 unspecified atom stereocenters. The number of rotatable bonds is 3. The lowest BCUT2D eigenvalue weighted by atomic mass is 10.3. The van der Waals surface area contributed by atoms with E-state index in [1.54, 1.807) is 0 Å². The van der Waals surface area contributed by atoms with E-state index in [1.807, 2.05) is 18.9 Å². The zero-order valence-corrected chi connectivity index (χ0v) is 7.78. The van der Waals surface area contributed by atoms with Crippen molar-refractivity contribution in [2.45, 2.75) is 39.0 Å². The van der Waals surface area contributed by atoms with Gasteiger partial charge < -0.3 is 5.11 Å². The van der Waals surface area contributed by atoms with Gasteiger partial charge in [-0.15, -0.1) is 0 Å². The van der Waals surface area contributed by atoms with Crippen LogP contribution >= 0.6 is 0 Å². The monoisotopic (exact) mass is 183 g/mol. The minimum atomic E-state index is -0.884. The van der Waals surface area contributed by atoms with Crippen molar-refractivity contribution < 1.29 is 14.7 Å². The third kappa shape index (κ3) is 3.45. The van der Waals surface area contributed by atoms with Gasteiger partial charge in [0.05, 0.1) is 6.42 Å². The Balaban J connectivity index is 2.14. The average molecular weight is 183 g/mol. The van der Waals surface area contributed by atoms with Gasteiger partial charge in [0, 0.05) is 6.04 Å². The number of hydrogen-bond donors (Lipinski definition) is 1. The van der Waals surface area contributed by atoms with Crippen molar-refractivity contribution in [3.05, 3.63) is 0 Å². The van der Waals surface area contributed by atoms with Gasteiger partial charge in [-0.1, -0.05) is 11.8 Å². The van der Waals surface area contributed by atoms with Gasteiger partial charge in [-0.3, -0.25) is 9.63 Å². The van der Waals surface area contributed by atoms with E-state index in [0.717, 1.165) is 0 Å². The number of nitrogens with zero attached hydrogens (tertiary/aromatic N) is 1. The summed E-state index contributed by atoms with van der Waals surface area (Å²) in [5, 5.41) is 10.1. The SMILES string of the molecule is CC(C)N1OC1CC#CCC(=O)O. The second-order valence-corrected chi connectivity index (χ2v) is 3.14. The fourth-order valence-electron chi connectivity index (χ4n) is 0.992. The maximum Gasteiger partial charge on any atom is 0.315 e. The Morgan fingerprint density at radius 2 is 2.31 bits per heavy atom. The van der Waals surface area contributed by atoms with Gasteiger partial charge in [0.1, 0.15) is 6.42 Å². The van der Waals surface area contributed by atoms with E-state index < -0.39 is 5.97 Å². The quantitative estimate of drug-likeness (QED) is 0.520. The van der Waals surface area contributed by atoms with Crippen molar-refractivity contribution in [3.63, 3.8) is 0 Å². The van der Waals surface area contributed by atoms with Crippen LogP contribution in [0.2, 0.25) is 0 Å². The third-order valence-electron chi connectivity index (χ3n) is 1.63. The molecular weight excluding hydrogens is 170 g/mol. The van der Waals surface area contributed by atoms with Gasteiger partial charge in [0.25, 0.3) is 0 Å². The minimum Gasteiger partial charge on any atom is -0.481 e. The summed E-state index contributed by atoms with van der Waals surface area (Å²) in [5.74, 6) is 4.44. The highest BCUT2D eigenvalue weighted by Crippen LogP contribution is 2.25. The van der Waals surface area contributed by atoms with Gasteiger partial charge in [-0.05, 0) is 13.8 Å². The van der Waals surface area contributed by atoms with Gasteiger partial charge in [0.15, 0.2) is 6.23 Å². The van der Waals surface area contributed by atoms with E-state index >= 15 is 0 Å². The third-order valence-corrected chi connectivity index (χ3v) is 1.63. The molecule has 4 heteroatoms. The molecule has 2 atom stereocenters. The number of hydrogen-bond acceptors (Lipinski definition) is 3. The summed E-state index contributed by atoms with van der Waals surface area (Å²) in [6.07, 6.45) is 0.571. The lowest BCUT2D eigenvalue weighted by molar-refractivity contribution is -0.135. The first-order valence-corrected chi connectivity index (χ1v) is 4.24. The molecule has 1 aliphatic rings. The Hall–Kier alpha value is -1.05. The number of carbonyl (C=O) groups is 1. The van der Waals surface area contributed by atoms with E-state index in [-0.39, 0.29) is 12.6 Å². The van der Waals surface area contributed by atoms with Crippen LogP contribution in [0.5, 0.6) is 0 Å². The molecule has 1 saturated heterocycles. The van der Waals surface area contributed by atoms with Crippen molar-refractivity contribution in [1.82, 2.24) is 5.06 Å². The summed E-state index contributed by atoms with van der Waals surface area (Å²) in [5.41, 5.74) is 0. The summed E-state index contributed by atoms with van der Waals surface area (Å²) in [4.78, 5) is 15.3. The lowest BCUT2D eigenvalue weighted by Crippen LogP contribution is -2.11. The molecule has 0 bridgehead atoms. The van der Waals surface area contributed by atoms with Crippen molar-refractivity contribution in [2.24, 2.45) is 0 Å². The topological polar surface area (TPSA) is 52.8 Å². The average Bonchev–Trinajstić information content (AvgIpc) is 2.76. The first kappa shape index (κ1) is 10.0. The van der Waals surface area contributed by atoms with E-state index in [2.05, 4.69) is 11.8 Å². The fraction of sp³-hybridized carbons (Fsp3) is 0.667. The van der Waals surface area contributed by atoms with Crippen LogP contribution in [0, 0.1) is 11.8 Å². The van der Waals surface area contributed by atoms with Crippen LogP contribution < -0.4 is 0 Å². The van der Waals surface area contributed by atoms with Crippen LogP contribution in [0.4, 0.5) is 0 Å². The predicted octanol–water partition coefficient (Wildman–Crippen LogP) is 0.836. The molecule has 0 aromatic heterocycles. The van der Waals surface area contributed by atoms with Crippen LogP contribution in [-0.4, -0.2) is 28.4 Å². The number of carboxylic acid groups (broad SMARTS) is 1.